The van der Waals surface area contributed by atoms with Gasteiger partial charge in [0, 0.05) is 22.3 Å². The average Bonchev–Trinajstić information content (AvgIpc) is 2.94. The minimum atomic E-state index is -4.82. The second-order valence-electron chi connectivity index (χ2n) is 11.2. The van der Waals surface area contributed by atoms with Crippen molar-refractivity contribution in [3.8, 4) is 0 Å². The molecule has 0 fully saturated rings. The van der Waals surface area contributed by atoms with Gasteiger partial charge in [-0.05, 0) is 90.9 Å². The van der Waals surface area contributed by atoms with Crippen LogP contribution in [0.25, 0.3) is 0 Å². The lowest BCUT2D eigenvalue weighted by Gasteiger charge is -2.49. The summed E-state index contributed by atoms with van der Waals surface area (Å²) in [6.07, 6.45) is 1.16. The third kappa shape index (κ3) is 12.8. The Bertz CT molecular complexity index is 1110. The van der Waals surface area contributed by atoms with Crippen LogP contribution in [0.15, 0.2) is 48.6 Å². The number of carbonyl (C=O) groups excluding carboxylic acids is 4. The third-order valence-electron chi connectivity index (χ3n) is 7.51. The largest absolute Gasteiger partial charge is 0.462 e. The van der Waals surface area contributed by atoms with Gasteiger partial charge in [-0.3, -0.25) is 4.55 Å². The van der Waals surface area contributed by atoms with Crippen LogP contribution in [-0.2, 0) is 48.2 Å². The Morgan fingerprint density at radius 3 is 1.02 bits per heavy atom. The van der Waals surface area contributed by atoms with E-state index < -0.39 is 44.2 Å². The van der Waals surface area contributed by atoms with Gasteiger partial charge in [0.25, 0.3) is 10.1 Å². The molecule has 44 heavy (non-hydrogen) atoms. The molecule has 0 unspecified atom stereocenters. The highest BCUT2D eigenvalue weighted by atomic mass is 32.2. The molecule has 250 valence electrons. The molecule has 0 aromatic rings. The molecular formula is C32H50O11S. The van der Waals surface area contributed by atoms with E-state index in [2.05, 4.69) is 26.3 Å². The predicted octanol–water partition coefficient (Wildman–Crippen LogP) is 5.61. The molecule has 0 aliphatic carbocycles. The maximum Gasteiger partial charge on any atom is 0.333 e. The summed E-state index contributed by atoms with van der Waals surface area (Å²) in [6, 6.07) is 0. The Morgan fingerprint density at radius 2 is 0.818 bits per heavy atom. The molecule has 0 bridgehead atoms. The number of carbonyl (C=O) groups is 4. The monoisotopic (exact) mass is 642 g/mol. The second kappa shape index (κ2) is 19.2. The molecule has 0 saturated carbocycles. The van der Waals surface area contributed by atoms with Crippen LogP contribution in [0, 0.1) is 5.41 Å². The molecule has 0 aliphatic heterocycles. The Hall–Kier alpha value is -3.25. The van der Waals surface area contributed by atoms with Gasteiger partial charge in [0.2, 0.25) is 0 Å². The van der Waals surface area contributed by atoms with Crippen molar-refractivity contribution in [2.45, 2.75) is 97.2 Å². The summed E-state index contributed by atoms with van der Waals surface area (Å²) >= 11 is 0. The van der Waals surface area contributed by atoms with Gasteiger partial charge in [0.05, 0.1) is 26.4 Å². The smallest absolute Gasteiger partial charge is 0.333 e. The van der Waals surface area contributed by atoms with Crippen LogP contribution in [0.1, 0.15) is 92.4 Å². The molecular weight excluding hydrogens is 592 g/mol. The Kier molecular flexibility index (Phi) is 17.8. The van der Waals surface area contributed by atoms with Gasteiger partial charge in [0.15, 0.2) is 0 Å². The van der Waals surface area contributed by atoms with Crippen LogP contribution in [0.4, 0.5) is 0 Å². The lowest BCUT2D eigenvalue weighted by atomic mass is 9.63. The first-order valence-electron chi connectivity index (χ1n) is 14.6. The highest BCUT2D eigenvalue weighted by molar-refractivity contribution is 7.87. The van der Waals surface area contributed by atoms with Crippen molar-refractivity contribution in [2.75, 3.05) is 26.4 Å². The van der Waals surface area contributed by atoms with Crippen LogP contribution in [-0.4, -0.2) is 68.0 Å². The zero-order valence-electron chi connectivity index (χ0n) is 27.0. The molecule has 0 aromatic carbocycles. The summed E-state index contributed by atoms with van der Waals surface area (Å²) < 4.78 is 57.1. The molecule has 0 rings (SSSR count). The van der Waals surface area contributed by atoms with Gasteiger partial charge < -0.3 is 18.9 Å². The lowest BCUT2D eigenvalue weighted by Crippen LogP contribution is -2.54. The number of ether oxygens (including phenoxy) is 4. The van der Waals surface area contributed by atoms with Gasteiger partial charge in [-0.2, -0.15) is 8.42 Å². The van der Waals surface area contributed by atoms with E-state index in [0.29, 0.717) is 0 Å². The van der Waals surface area contributed by atoms with Crippen LogP contribution in [0.2, 0.25) is 0 Å². The first kappa shape index (κ1) is 40.8. The second-order valence-corrected chi connectivity index (χ2v) is 12.9. The minimum absolute atomic E-state index is 0.0217. The Balaban J connectivity index is 6.56. The van der Waals surface area contributed by atoms with E-state index in [0.717, 1.165) is 0 Å². The summed E-state index contributed by atoms with van der Waals surface area (Å²) in [6.45, 7) is 21.7. The molecule has 0 spiro atoms. The summed E-state index contributed by atoms with van der Waals surface area (Å²) in [5.74, 6) is -2.43. The molecule has 0 aliphatic rings. The quantitative estimate of drug-likeness (QED) is 0.0485. The van der Waals surface area contributed by atoms with Crippen molar-refractivity contribution in [1.29, 1.82) is 0 Å². The van der Waals surface area contributed by atoms with Gasteiger partial charge in [-0.25, -0.2) is 19.2 Å². The standard InChI is InChI=1S/C32H50O11S/c1-10-31(15-11-19-40-27(33)23(2)3,16-12-20-41-28(34)24(4)5)32(44(37,38)39,17-13-21-42-29(35)25(6)7)18-14-22-43-30(36)26(8)9/h2,4,6,8,10-22H2,1,3,5,7,9H3,(H,37,38,39). The lowest BCUT2D eigenvalue weighted by molar-refractivity contribution is -0.140. The fourth-order valence-corrected chi connectivity index (χ4v) is 6.83. The fraction of sp³-hybridized carbons (Fsp3) is 0.625. The van der Waals surface area contributed by atoms with Crippen LogP contribution in [0.3, 0.4) is 0 Å². The van der Waals surface area contributed by atoms with E-state index >= 15 is 0 Å². The van der Waals surface area contributed by atoms with E-state index in [1.165, 1.54) is 27.7 Å². The van der Waals surface area contributed by atoms with Crippen molar-refractivity contribution in [1.82, 2.24) is 0 Å². The summed E-state index contributed by atoms with van der Waals surface area (Å²) in [5, 5.41) is 0. The van der Waals surface area contributed by atoms with Crippen molar-refractivity contribution in [3.05, 3.63) is 48.6 Å². The fourth-order valence-electron chi connectivity index (χ4n) is 5.13. The molecule has 0 radical (unpaired) electrons. The summed E-state index contributed by atoms with van der Waals surface area (Å²) in [4.78, 5) is 47.9. The number of rotatable bonds is 23. The van der Waals surface area contributed by atoms with Gasteiger partial charge in [0.1, 0.15) is 4.75 Å². The Morgan fingerprint density at radius 1 is 0.568 bits per heavy atom. The van der Waals surface area contributed by atoms with E-state index in [1.807, 2.05) is 0 Å². The van der Waals surface area contributed by atoms with E-state index in [4.69, 9.17) is 18.9 Å². The third-order valence-corrected chi connectivity index (χ3v) is 9.34. The molecule has 0 atom stereocenters. The maximum absolute atomic E-state index is 13.5. The van der Waals surface area contributed by atoms with E-state index in [1.54, 1.807) is 6.92 Å². The zero-order chi connectivity index (χ0) is 34.1. The van der Waals surface area contributed by atoms with Crippen molar-refractivity contribution in [3.63, 3.8) is 0 Å². The van der Waals surface area contributed by atoms with Crippen LogP contribution >= 0.6 is 0 Å². The van der Waals surface area contributed by atoms with Crippen molar-refractivity contribution in [2.24, 2.45) is 5.41 Å². The van der Waals surface area contributed by atoms with Gasteiger partial charge in [-0.1, -0.05) is 33.2 Å². The van der Waals surface area contributed by atoms with Gasteiger partial charge >= 0.3 is 23.9 Å². The topological polar surface area (TPSA) is 160 Å². The van der Waals surface area contributed by atoms with Gasteiger partial charge in [-0.15, -0.1) is 0 Å². The number of hydrogen-bond acceptors (Lipinski definition) is 10. The van der Waals surface area contributed by atoms with E-state index in [9.17, 15) is 32.1 Å². The SMILES string of the molecule is C=C(C)C(=O)OCCCC(CC)(CCCOC(=O)C(=C)C)C(CCCOC(=O)C(=C)C)(CCCOC(=O)C(=C)C)S(=O)(=O)O. The maximum atomic E-state index is 13.5. The normalized spacial score (nSPS) is 11.7. The first-order chi connectivity index (χ1) is 20.4. The number of esters is 4. The Labute approximate surface area is 262 Å². The molecule has 12 heteroatoms. The van der Waals surface area contributed by atoms with Crippen LogP contribution < -0.4 is 0 Å². The minimum Gasteiger partial charge on any atom is -0.462 e. The molecule has 0 amide bonds. The van der Waals surface area contributed by atoms with Crippen molar-refractivity contribution < 1.29 is 51.1 Å². The highest BCUT2D eigenvalue weighted by Gasteiger charge is 2.56. The predicted molar refractivity (Wildman–Crippen MR) is 167 cm³/mol. The molecule has 1 N–H and O–H groups in total. The summed E-state index contributed by atoms with van der Waals surface area (Å²) in [5.41, 5.74) is -0.328. The summed E-state index contributed by atoms with van der Waals surface area (Å²) in [7, 11) is -4.82. The van der Waals surface area contributed by atoms with Crippen molar-refractivity contribution >= 4 is 34.0 Å². The zero-order valence-corrected chi connectivity index (χ0v) is 27.8. The first-order valence-corrected chi connectivity index (χ1v) is 16.1. The molecule has 11 nitrogen and oxygen atoms in total. The molecule has 0 heterocycles. The molecule has 0 saturated heterocycles. The number of hydrogen-bond donors (Lipinski definition) is 1. The van der Waals surface area contributed by atoms with E-state index in [-0.39, 0.29) is 107 Å². The molecule has 0 aromatic heterocycles. The average molecular weight is 643 g/mol. The highest BCUT2D eigenvalue weighted by Crippen LogP contribution is 2.53. The van der Waals surface area contributed by atoms with Crippen LogP contribution in [0.5, 0.6) is 0 Å².